The highest BCUT2D eigenvalue weighted by molar-refractivity contribution is 5.83. The number of hydrogen-bond acceptors (Lipinski definition) is 3. The largest absolute Gasteiger partial charge is 0.456 e. The molecular formula is C16H20N2O3. The number of para-hydroxylation sites is 1. The monoisotopic (exact) mass is 288 g/mol. The van der Waals surface area contributed by atoms with Gasteiger partial charge in [-0.05, 0) is 24.5 Å². The van der Waals surface area contributed by atoms with E-state index < -0.39 is 0 Å². The van der Waals surface area contributed by atoms with Crippen molar-refractivity contribution in [3.05, 3.63) is 36.0 Å². The first-order chi connectivity index (χ1) is 10.1. The number of aromatic nitrogens is 1. The van der Waals surface area contributed by atoms with Gasteiger partial charge in [0.1, 0.15) is 0 Å². The van der Waals surface area contributed by atoms with Gasteiger partial charge in [-0.1, -0.05) is 18.2 Å². The summed E-state index contributed by atoms with van der Waals surface area (Å²) in [7, 11) is 3.26. The second-order valence-electron chi connectivity index (χ2n) is 5.16. The summed E-state index contributed by atoms with van der Waals surface area (Å²) in [5.74, 6) is -0.537. The highest BCUT2D eigenvalue weighted by Crippen LogP contribution is 2.19. The van der Waals surface area contributed by atoms with Crippen LogP contribution in [0.5, 0.6) is 0 Å². The topological polar surface area (TPSA) is 62.4 Å². The fourth-order valence-corrected chi connectivity index (χ4v) is 2.11. The molecule has 0 aliphatic heterocycles. The van der Waals surface area contributed by atoms with E-state index in [1.807, 2.05) is 24.4 Å². The summed E-state index contributed by atoms with van der Waals surface area (Å²) in [5.41, 5.74) is 2.30. The lowest BCUT2D eigenvalue weighted by atomic mass is 10.1. The molecule has 1 aromatic carbocycles. The van der Waals surface area contributed by atoms with Crippen LogP contribution in [0.15, 0.2) is 30.5 Å². The van der Waals surface area contributed by atoms with Gasteiger partial charge in [-0.2, -0.15) is 0 Å². The number of likely N-dealkylation sites (N-methyl/N-ethyl adjacent to an activating group) is 1. The first-order valence-electron chi connectivity index (χ1n) is 6.98. The quantitative estimate of drug-likeness (QED) is 0.828. The molecule has 0 spiro atoms. The molecule has 1 aromatic heterocycles. The molecule has 0 saturated heterocycles. The lowest BCUT2D eigenvalue weighted by Gasteiger charge is -2.10. The predicted molar refractivity (Wildman–Crippen MR) is 80.9 cm³/mol. The van der Waals surface area contributed by atoms with Gasteiger partial charge in [0, 0.05) is 37.6 Å². The van der Waals surface area contributed by atoms with Gasteiger partial charge in [0.25, 0.3) is 5.91 Å². The molecule has 1 heterocycles. The number of rotatable bonds is 6. The molecule has 0 aliphatic rings. The molecule has 0 radical (unpaired) electrons. The molecule has 0 bridgehead atoms. The van der Waals surface area contributed by atoms with Crippen molar-refractivity contribution in [1.82, 2.24) is 9.88 Å². The van der Waals surface area contributed by atoms with E-state index in [4.69, 9.17) is 4.74 Å². The van der Waals surface area contributed by atoms with Crippen LogP contribution < -0.4 is 0 Å². The third-order valence-electron chi connectivity index (χ3n) is 3.36. The lowest BCUT2D eigenvalue weighted by Crippen LogP contribution is -2.27. The van der Waals surface area contributed by atoms with Gasteiger partial charge in [-0.25, -0.2) is 0 Å². The maximum atomic E-state index is 11.6. The molecule has 0 atom stereocenters. The van der Waals surface area contributed by atoms with E-state index >= 15 is 0 Å². The van der Waals surface area contributed by atoms with E-state index in [0.717, 1.165) is 11.9 Å². The number of ether oxygens (including phenoxy) is 1. The van der Waals surface area contributed by atoms with Crippen molar-refractivity contribution in [1.29, 1.82) is 0 Å². The fraction of sp³-hybridized carbons (Fsp3) is 0.375. The van der Waals surface area contributed by atoms with E-state index in [9.17, 15) is 9.59 Å². The van der Waals surface area contributed by atoms with Gasteiger partial charge >= 0.3 is 5.97 Å². The highest BCUT2D eigenvalue weighted by atomic mass is 16.5. The van der Waals surface area contributed by atoms with E-state index in [0.29, 0.717) is 12.8 Å². The minimum Gasteiger partial charge on any atom is -0.456 e. The molecule has 1 amide bonds. The Hall–Kier alpha value is -2.30. The van der Waals surface area contributed by atoms with Crippen molar-refractivity contribution in [2.45, 2.75) is 19.3 Å². The van der Waals surface area contributed by atoms with Gasteiger partial charge in [-0.3, -0.25) is 9.59 Å². The van der Waals surface area contributed by atoms with Crippen LogP contribution in [0.2, 0.25) is 0 Å². The van der Waals surface area contributed by atoms with Crippen LogP contribution in [0, 0.1) is 0 Å². The number of carbonyl (C=O) groups excluding carboxylic acids is 2. The molecule has 5 nitrogen and oxygen atoms in total. The number of nitrogens with zero attached hydrogens (tertiary/aromatic N) is 1. The molecule has 0 saturated carbocycles. The molecular weight excluding hydrogens is 268 g/mol. The standard InChI is InChI=1S/C16H20N2O3/c1-18(2)15(19)11-21-16(20)9-5-6-12-10-17-14-8-4-3-7-13(12)14/h3-4,7-8,10,17H,5-6,9,11H2,1-2H3. The van der Waals surface area contributed by atoms with E-state index in [1.165, 1.54) is 15.8 Å². The highest BCUT2D eigenvalue weighted by Gasteiger charge is 2.09. The van der Waals surface area contributed by atoms with E-state index in [-0.39, 0.29) is 18.5 Å². The second kappa shape index (κ2) is 6.92. The Bertz CT molecular complexity index is 631. The molecule has 1 N–H and O–H groups in total. The summed E-state index contributed by atoms with van der Waals surface area (Å²) in [5, 5.41) is 1.19. The molecule has 0 unspecified atom stereocenters. The number of H-pyrrole nitrogens is 1. The first kappa shape index (κ1) is 15.1. The van der Waals surface area contributed by atoms with Gasteiger partial charge in [0.15, 0.2) is 6.61 Å². The number of aromatic amines is 1. The average molecular weight is 288 g/mol. The Morgan fingerprint density at radius 2 is 2.00 bits per heavy atom. The number of aryl methyl sites for hydroxylation is 1. The Balaban J connectivity index is 1.76. The Morgan fingerprint density at radius 3 is 2.76 bits per heavy atom. The maximum Gasteiger partial charge on any atom is 0.306 e. The lowest BCUT2D eigenvalue weighted by molar-refractivity contribution is -0.151. The van der Waals surface area contributed by atoms with E-state index in [1.54, 1.807) is 14.1 Å². The molecule has 2 rings (SSSR count). The summed E-state index contributed by atoms with van der Waals surface area (Å²) in [6.45, 7) is -0.182. The zero-order chi connectivity index (χ0) is 15.2. The SMILES string of the molecule is CN(C)C(=O)COC(=O)CCCc1c[nH]c2ccccc12. The number of hydrogen-bond donors (Lipinski definition) is 1. The van der Waals surface area contributed by atoms with Crippen molar-refractivity contribution < 1.29 is 14.3 Å². The smallest absolute Gasteiger partial charge is 0.306 e. The molecule has 21 heavy (non-hydrogen) atoms. The van der Waals surface area contributed by atoms with Crippen LogP contribution in [0.25, 0.3) is 10.9 Å². The Labute approximate surface area is 123 Å². The molecule has 0 fully saturated rings. The van der Waals surface area contributed by atoms with Crippen LogP contribution in [-0.2, 0) is 20.7 Å². The zero-order valence-electron chi connectivity index (χ0n) is 12.4. The average Bonchev–Trinajstić information content (AvgIpc) is 2.88. The Kier molecular flexibility index (Phi) is 4.98. The molecule has 5 heteroatoms. The molecule has 0 aliphatic carbocycles. The normalized spacial score (nSPS) is 10.6. The molecule has 112 valence electrons. The number of esters is 1. The van der Waals surface area contributed by atoms with Crippen LogP contribution >= 0.6 is 0 Å². The van der Waals surface area contributed by atoms with Crippen LogP contribution in [0.1, 0.15) is 18.4 Å². The van der Waals surface area contributed by atoms with Gasteiger partial charge < -0.3 is 14.6 Å². The van der Waals surface area contributed by atoms with Gasteiger partial charge in [-0.15, -0.1) is 0 Å². The van der Waals surface area contributed by atoms with Crippen LogP contribution in [0.4, 0.5) is 0 Å². The maximum absolute atomic E-state index is 11.6. The minimum atomic E-state index is -0.329. The summed E-state index contributed by atoms with van der Waals surface area (Å²) < 4.78 is 4.93. The van der Waals surface area contributed by atoms with Crippen molar-refractivity contribution in [3.8, 4) is 0 Å². The predicted octanol–water partition coefficient (Wildman–Crippen LogP) is 2.12. The summed E-state index contributed by atoms with van der Waals surface area (Å²) in [4.78, 5) is 27.5. The summed E-state index contributed by atoms with van der Waals surface area (Å²) >= 11 is 0. The van der Waals surface area contributed by atoms with E-state index in [2.05, 4.69) is 11.1 Å². The third kappa shape index (κ3) is 4.08. The fourth-order valence-electron chi connectivity index (χ4n) is 2.11. The third-order valence-corrected chi connectivity index (χ3v) is 3.36. The first-order valence-corrected chi connectivity index (χ1v) is 6.98. The van der Waals surface area contributed by atoms with Gasteiger partial charge in [0.05, 0.1) is 0 Å². The van der Waals surface area contributed by atoms with Crippen molar-refractivity contribution in [2.24, 2.45) is 0 Å². The number of amides is 1. The molecule has 2 aromatic rings. The van der Waals surface area contributed by atoms with Gasteiger partial charge in [0.2, 0.25) is 0 Å². The summed E-state index contributed by atoms with van der Waals surface area (Å²) in [6, 6.07) is 8.08. The number of fused-ring (bicyclic) bond motifs is 1. The summed E-state index contributed by atoms with van der Waals surface area (Å²) in [6.07, 6.45) is 3.81. The Morgan fingerprint density at radius 1 is 1.24 bits per heavy atom. The van der Waals surface area contributed by atoms with Crippen molar-refractivity contribution in [3.63, 3.8) is 0 Å². The van der Waals surface area contributed by atoms with Crippen LogP contribution in [-0.4, -0.2) is 42.5 Å². The number of nitrogens with one attached hydrogen (secondary N) is 1. The van der Waals surface area contributed by atoms with Crippen molar-refractivity contribution >= 4 is 22.8 Å². The van der Waals surface area contributed by atoms with Crippen molar-refractivity contribution in [2.75, 3.05) is 20.7 Å². The minimum absolute atomic E-state index is 0.182. The zero-order valence-corrected chi connectivity index (χ0v) is 12.4. The second-order valence-corrected chi connectivity index (χ2v) is 5.16. The number of carbonyl (C=O) groups is 2. The number of benzene rings is 1. The van der Waals surface area contributed by atoms with Crippen LogP contribution in [0.3, 0.4) is 0 Å².